The van der Waals surface area contributed by atoms with E-state index in [1.54, 1.807) is 0 Å². The Bertz CT molecular complexity index is 256. The van der Waals surface area contributed by atoms with Gasteiger partial charge in [-0.1, -0.05) is 13.3 Å². The zero-order valence-corrected chi connectivity index (χ0v) is 13.2. The van der Waals surface area contributed by atoms with Crippen molar-refractivity contribution in [1.82, 2.24) is 15.1 Å². The third-order valence-electron chi connectivity index (χ3n) is 5.07. The Balaban J connectivity index is 1.64. The Labute approximate surface area is 119 Å². The highest BCUT2D eigenvalue weighted by atomic mass is 15.1. The molecule has 3 heteroatoms. The molecule has 19 heavy (non-hydrogen) atoms. The van der Waals surface area contributed by atoms with E-state index in [1.165, 1.54) is 58.3 Å². The van der Waals surface area contributed by atoms with E-state index < -0.39 is 0 Å². The van der Waals surface area contributed by atoms with Crippen LogP contribution in [-0.4, -0.2) is 62.7 Å². The highest BCUT2D eigenvalue weighted by Gasteiger charge is 2.27. The molecule has 0 aromatic rings. The highest BCUT2D eigenvalue weighted by Crippen LogP contribution is 2.28. The molecule has 112 valence electrons. The van der Waals surface area contributed by atoms with E-state index in [2.05, 4.69) is 36.1 Å². The van der Waals surface area contributed by atoms with Crippen LogP contribution in [0, 0.1) is 11.8 Å². The minimum absolute atomic E-state index is 0.802. The van der Waals surface area contributed by atoms with Crippen LogP contribution in [0.25, 0.3) is 0 Å². The van der Waals surface area contributed by atoms with Crippen LogP contribution in [0.2, 0.25) is 0 Å². The molecule has 1 saturated carbocycles. The molecule has 0 aromatic heterocycles. The third kappa shape index (κ3) is 4.73. The van der Waals surface area contributed by atoms with Crippen molar-refractivity contribution in [3.63, 3.8) is 0 Å². The summed E-state index contributed by atoms with van der Waals surface area (Å²) >= 11 is 0. The van der Waals surface area contributed by atoms with Crippen LogP contribution in [0.15, 0.2) is 0 Å². The summed E-state index contributed by atoms with van der Waals surface area (Å²) in [6.07, 6.45) is 7.05. The van der Waals surface area contributed by atoms with Crippen LogP contribution in [0.5, 0.6) is 0 Å². The topological polar surface area (TPSA) is 18.5 Å². The van der Waals surface area contributed by atoms with Gasteiger partial charge >= 0.3 is 0 Å². The summed E-state index contributed by atoms with van der Waals surface area (Å²) in [4.78, 5) is 5.04. The average Bonchev–Trinajstić information content (AvgIpc) is 2.97. The summed E-state index contributed by atoms with van der Waals surface area (Å²) < 4.78 is 0. The maximum atomic E-state index is 3.67. The molecule has 2 rings (SSSR count). The summed E-state index contributed by atoms with van der Waals surface area (Å²) in [5, 5.41) is 3.67. The van der Waals surface area contributed by atoms with Crippen LogP contribution in [0.4, 0.5) is 0 Å². The molecule has 0 aromatic carbocycles. The summed E-state index contributed by atoms with van der Waals surface area (Å²) in [6, 6.07) is 0.802. The standard InChI is InChI=1S/C16H33N3/c1-4-17-16-7-5-6-15(16)9-11-19(3)13-14-8-10-18(2)12-14/h14-17H,4-13H2,1-3H3. The lowest BCUT2D eigenvalue weighted by Crippen LogP contribution is -2.35. The summed E-state index contributed by atoms with van der Waals surface area (Å²) in [6.45, 7) is 8.54. The second-order valence-electron chi connectivity index (χ2n) is 6.82. The molecule has 2 fully saturated rings. The van der Waals surface area contributed by atoms with Gasteiger partial charge in [-0.25, -0.2) is 0 Å². The second-order valence-corrected chi connectivity index (χ2v) is 6.82. The number of nitrogens with one attached hydrogen (secondary N) is 1. The SMILES string of the molecule is CCNC1CCCC1CCN(C)CC1CCN(C)C1. The smallest absolute Gasteiger partial charge is 0.00956 e. The predicted molar refractivity (Wildman–Crippen MR) is 82.5 cm³/mol. The third-order valence-corrected chi connectivity index (χ3v) is 5.07. The Hall–Kier alpha value is -0.120. The van der Waals surface area contributed by atoms with Crippen LogP contribution in [0.1, 0.15) is 39.0 Å². The first-order valence-corrected chi connectivity index (χ1v) is 8.29. The molecular weight excluding hydrogens is 234 g/mol. The zero-order chi connectivity index (χ0) is 13.7. The molecule has 3 nitrogen and oxygen atoms in total. The maximum Gasteiger partial charge on any atom is 0.00956 e. The second kappa shape index (κ2) is 7.61. The van der Waals surface area contributed by atoms with Crippen molar-refractivity contribution in [2.45, 2.75) is 45.1 Å². The highest BCUT2D eigenvalue weighted by molar-refractivity contribution is 4.83. The molecule has 0 bridgehead atoms. The number of hydrogen-bond donors (Lipinski definition) is 1. The van der Waals surface area contributed by atoms with E-state index >= 15 is 0 Å². The van der Waals surface area contributed by atoms with Crippen molar-refractivity contribution in [2.24, 2.45) is 11.8 Å². The molecule has 1 heterocycles. The largest absolute Gasteiger partial charge is 0.314 e. The van der Waals surface area contributed by atoms with Gasteiger partial charge in [0.15, 0.2) is 0 Å². The van der Waals surface area contributed by atoms with E-state index in [0.29, 0.717) is 0 Å². The normalized spacial score (nSPS) is 32.5. The molecule has 1 aliphatic heterocycles. The lowest BCUT2D eigenvalue weighted by molar-refractivity contribution is 0.245. The maximum absolute atomic E-state index is 3.67. The first-order chi connectivity index (χ1) is 9.19. The van der Waals surface area contributed by atoms with Gasteiger partial charge in [-0.3, -0.25) is 0 Å². The van der Waals surface area contributed by atoms with Gasteiger partial charge in [0.1, 0.15) is 0 Å². The Kier molecular flexibility index (Phi) is 6.11. The number of nitrogens with zero attached hydrogens (tertiary/aromatic N) is 2. The Morgan fingerprint density at radius 1 is 1.26 bits per heavy atom. The van der Waals surface area contributed by atoms with Crippen molar-refractivity contribution in [3.8, 4) is 0 Å². The fourth-order valence-corrected chi connectivity index (χ4v) is 4.01. The van der Waals surface area contributed by atoms with Gasteiger partial charge in [0.05, 0.1) is 0 Å². The van der Waals surface area contributed by atoms with Gasteiger partial charge in [-0.05, 0) is 71.2 Å². The van der Waals surface area contributed by atoms with E-state index in [9.17, 15) is 0 Å². The number of hydrogen-bond acceptors (Lipinski definition) is 3. The summed E-state index contributed by atoms with van der Waals surface area (Å²) in [5.74, 6) is 1.83. The molecular formula is C16H33N3. The minimum atomic E-state index is 0.802. The molecule has 0 radical (unpaired) electrons. The van der Waals surface area contributed by atoms with Crippen LogP contribution in [-0.2, 0) is 0 Å². The van der Waals surface area contributed by atoms with Crippen molar-refractivity contribution in [3.05, 3.63) is 0 Å². The molecule has 0 amide bonds. The van der Waals surface area contributed by atoms with Crippen molar-refractivity contribution in [1.29, 1.82) is 0 Å². The molecule has 1 N–H and O–H groups in total. The van der Waals surface area contributed by atoms with E-state index in [1.807, 2.05) is 0 Å². The Morgan fingerprint density at radius 2 is 2.11 bits per heavy atom. The van der Waals surface area contributed by atoms with Gasteiger partial charge in [-0.2, -0.15) is 0 Å². The van der Waals surface area contributed by atoms with Crippen molar-refractivity contribution in [2.75, 3.05) is 46.8 Å². The molecule has 1 saturated heterocycles. The lowest BCUT2D eigenvalue weighted by atomic mass is 9.99. The monoisotopic (exact) mass is 267 g/mol. The lowest BCUT2D eigenvalue weighted by Gasteiger charge is -2.25. The summed E-state index contributed by atoms with van der Waals surface area (Å²) in [7, 11) is 4.56. The van der Waals surface area contributed by atoms with E-state index in [4.69, 9.17) is 0 Å². The van der Waals surface area contributed by atoms with Gasteiger partial charge in [0, 0.05) is 19.1 Å². The van der Waals surface area contributed by atoms with Crippen molar-refractivity contribution >= 4 is 0 Å². The van der Waals surface area contributed by atoms with E-state index in [0.717, 1.165) is 24.4 Å². The first kappa shape index (κ1) is 15.3. The van der Waals surface area contributed by atoms with Gasteiger partial charge < -0.3 is 15.1 Å². The molecule has 0 spiro atoms. The van der Waals surface area contributed by atoms with Crippen molar-refractivity contribution < 1.29 is 0 Å². The van der Waals surface area contributed by atoms with Gasteiger partial charge in [0.2, 0.25) is 0 Å². The average molecular weight is 267 g/mol. The minimum Gasteiger partial charge on any atom is -0.314 e. The fourth-order valence-electron chi connectivity index (χ4n) is 4.01. The van der Waals surface area contributed by atoms with E-state index in [-0.39, 0.29) is 0 Å². The summed E-state index contributed by atoms with van der Waals surface area (Å²) in [5.41, 5.74) is 0. The predicted octanol–water partition coefficient (Wildman–Crippen LogP) is 2.04. The molecule has 3 atom stereocenters. The first-order valence-electron chi connectivity index (χ1n) is 8.29. The van der Waals surface area contributed by atoms with Gasteiger partial charge in [0.25, 0.3) is 0 Å². The fraction of sp³-hybridized carbons (Fsp3) is 1.00. The van der Waals surface area contributed by atoms with Gasteiger partial charge in [-0.15, -0.1) is 0 Å². The van der Waals surface area contributed by atoms with Crippen LogP contribution >= 0.6 is 0 Å². The zero-order valence-electron chi connectivity index (χ0n) is 13.2. The molecule has 1 aliphatic carbocycles. The molecule has 2 aliphatic rings. The number of likely N-dealkylation sites (tertiary alicyclic amines) is 1. The van der Waals surface area contributed by atoms with Crippen LogP contribution < -0.4 is 5.32 Å². The Morgan fingerprint density at radius 3 is 2.79 bits per heavy atom. The molecule has 3 unspecified atom stereocenters. The van der Waals surface area contributed by atoms with Crippen LogP contribution in [0.3, 0.4) is 0 Å². The quantitative estimate of drug-likeness (QED) is 0.761. The number of rotatable bonds is 7.